The zero-order valence-electron chi connectivity index (χ0n) is 17.6. The van der Waals surface area contributed by atoms with E-state index in [4.69, 9.17) is 0 Å². The van der Waals surface area contributed by atoms with Gasteiger partial charge in [-0.05, 0) is 74.8 Å². The average molecular weight is 402 g/mol. The van der Waals surface area contributed by atoms with Gasteiger partial charge in [0.05, 0.1) is 0 Å². The average Bonchev–Trinajstić information content (AvgIpc) is 3.04. The fraction of sp³-hybridized carbons (Fsp3) is 0.500. The lowest BCUT2D eigenvalue weighted by molar-refractivity contribution is -0.0135. The van der Waals surface area contributed by atoms with E-state index in [9.17, 15) is 4.79 Å². The van der Waals surface area contributed by atoms with Crippen molar-refractivity contribution in [2.45, 2.75) is 57.0 Å². The first-order chi connectivity index (χ1) is 14.7. The monoisotopic (exact) mass is 401 g/mol. The Hall–Kier alpha value is -2.49. The minimum atomic E-state index is 0.0409. The predicted molar refractivity (Wildman–Crippen MR) is 121 cm³/mol. The Kier molecular flexibility index (Phi) is 4.29. The van der Waals surface area contributed by atoms with Crippen LogP contribution in [0.3, 0.4) is 0 Å². The summed E-state index contributed by atoms with van der Waals surface area (Å²) in [5.74, 6) is 2.56. The first-order valence-electron chi connectivity index (χ1n) is 11.7. The van der Waals surface area contributed by atoms with E-state index in [1.54, 1.807) is 0 Å². The second-order valence-electron chi connectivity index (χ2n) is 10.1. The predicted octanol–water partition coefficient (Wildman–Crippen LogP) is 5.45. The summed E-state index contributed by atoms with van der Waals surface area (Å²) in [6.07, 6.45) is 8.75. The van der Waals surface area contributed by atoms with Crippen LogP contribution >= 0.6 is 0 Å². The van der Waals surface area contributed by atoms with E-state index < -0.39 is 0 Å². The van der Waals surface area contributed by atoms with Crippen LogP contribution in [0.5, 0.6) is 0 Å². The molecule has 156 valence electrons. The smallest absolute Gasteiger partial charge is 0.315 e. The van der Waals surface area contributed by atoms with Crippen LogP contribution < -0.4 is 10.6 Å². The summed E-state index contributed by atoms with van der Waals surface area (Å²) in [6, 6.07) is 17.3. The van der Waals surface area contributed by atoms with Gasteiger partial charge in [0.25, 0.3) is 0 Å². The van der Waals surface area contributed by atoms with Gasteiger partial charge in [-0.2, -0.15) is 0 Å². The number of para-hydroxylation sites is 2. The summed E-state index contributed by atoms with van der Waals surface area (Å²) >= 11 is 0. The van der Waals surface area contributed by atoms with Crippen LogP contribution in [0.4, 0.5) is 4.79 Å². The molecule has 1 heterocycles. The molecule has 4 heteroatoms. The lowest BCUT2D eigenvalue weighted by Gasteiger charge is -2.56. The van der Waals surface area contributed by atoms with E-state index in [0.29, 0.717) is 6.54 Å². The summed E-state index contributed by atoms with van der Waals surface area (Å²) < 4.78 is 2.39. The third-order valence-corrected chi connectivity index (χ3v) is 7.94. The van der Waals surface area contributed by atoms with Crippen LogP contribution in [0.2, 0.25) is 0 Å². The van der Waals surface area contributed by atoms with Crippen LogP contribution in [0.1, 0.15) is 44.9 Å². The fourth-order valence-corrected chi connectivity index (χ4v) is 7.23. The molecule has 1 aromatic heterocycles. The number of benzene rings is 2. The van der Waals surface area contributed by atoms with Crippen molar-refractivity contribution >= 4 is 27.8 Å². The van der Waals surface area contributed by atoms with Crippen molar-refractivity contribution in [2.75, 3.05) is 6.54 Å². The molecule has 4 saturated carbocycles. The second-order valence-corrected chi connectivity index (χ2v) is 10.1. The lowest BCUT2D eigenvalue weighted by atomic mass is 9.53. The van der Waals surface area contributed by atoms with Crippen molar-refractivity contribution in [3.05, 3.63) is 48.5 Å². The quantitative estimate of drug-likeness (QED) is 0.549. The number of aryl methyl sites for hydroxylation is 1. The summed E-state index contributed by atoms with van der Waals surface area (Å²) in [5, 5.41) is 9.19. The van der Waals surface area contributed by atoms with Crippen LogP contribution in [0, 0.1) is 17.8 Å². The van der Waals surface area contributed by atoms with Gasteiger partial charge in [0.15, 0.2) is 0 Å². The topological polar surface area (TPSA) is 46.1 Å². The first-order valence-corrected chi connectivity index (χ1v) is 11.7. The normalized spacial score (nSPS) is 29.5. The molecule has 0 spiro atoms. The molecule has 4 nitrogen and oxygen atoms in total. The van der Waals surface area contributed by atoms with Gasteiger partial charge >= 0.3 is 6.03 Å². The van der Waals surface area contributed by atoms with E-state index in [1.165, 1.54) is 60.3 Å². The largest absolute Gasteiger partial charge is 0.340 e. The third-order valence-electron chi connectivity index (χ3n) is 7.94. The molecule has 2 aromatic carbocycles. The first kappa shape index (κ1) is 18.3. The number of carbonyl (C=O) groups is 1. The third kappa shape index (κ3) is 3.08. The van der Waals surface area contributed by atoms with Gasteiger partial charge in [-0.1, -0.05) is 36.4 Å². The molecule has 0 radical (unpaired) electrons. The number of fused-ring (bicyclic) bond motifs is 3. The van der Waals surface area contributed by atoms with E-state index >= 15 is 0 Å². The second kappa shape index (κ2) is 7.04. The Balaban J connectivity index is 1.09. The van der Waals surface area contributed by atoms with Gasteiger partial charge in [0, 0.05) is 40.4 Å². The number of nitrogens with one attached hydrogen (secondary N) is 2. The van der Waals surface area contributed by atoms with Gasteiger partial charge in [0.2, 0.25) is 0 Å². The molecule has 2 N–H and O–H groups in total. The Morgan fingerprint density at radius 2 is 1.40 bits per heavy atom. The van der Waals surface area contributed by atoms with E-state index in [1.807, 2.05) is 0 Å². The van der Waals surface area contributed by atoms with Crippen LogP contribution in [0.15, 0.2) is 48.5 Å². The summed E-state index contributed by atoms with van der Waals surface area (Å²) in [4.78, 5) is 12.7. The molecule has 4 aliphatic carbocycles. The van der Waals surface area contributed by atoms with Crippen molar-refractivity contribution < 1.29 is 4.79 Å². The zero-order chi connectivity index (χ0) is 20.1. The lowest BCUT2D eigenvalue weighted by Crippen LogP contribution is -2.61. The Bertz CT molecular complexity index is 1010. The molecule has 4 fully saturated rings. The number of urea groups is 1. The molecule has 0 unspecified atom stereocenters. The van der Waals surface area contributed by atoms with Crippen LogP contribution in [0.25, 0.3) is 21.8 Å². The van der Waals surface area contributed by atoms with Crippen molar-refractivity contribution in [2.24, 2.45) is 17.8 Å². The highest BCUT2D eigenvalue weighted by atomic mass is 16.2. The minimum absolute atomic E-state index is 0.0409. The molecule has 30 heavy (non-hydrogen) atoms. The number of nitrogens with zero attached hydrogens (tertiary/aromatic N) is 1. The Morgan fingerprint density at radius 3 is 1.97 bits per heavy atom. The molecule has 0 atom stereocenters. The van der Waals surface area contributed by atoms with Gasteiger partial charge < -0.3 is 15.2 Å². The maximum Gasteiger partial charge on any atom is 0.315 e. The van der Waals surface area contributed by atoms with Gasteiger partial charge in [-0.25, -0.2) is 4.79 Å². The van der Waals surface area contributed by atoms with E-state index in [-0.39, 0.29) is 11.6 Å². The number of hydrogen-bond acceptors (Lipinski definition) is 1. The summed E-state index contributed by atoms with van der Waals surface area (Å²) in [7, 11) is 0. The highest BCUT2D eigenvalue weighted by Gasteiger charge is 2.51. The number of rotatable bonds is 5. The number of amides is 2. The number of aromatic nitrogens is 1. The number of hydrogen-bond donors (Lipinski definition) is 2. The highest BCUT2D eigenvalue weighted by Crippen LogP contribution is 2.55. The van der Waals surface area contributed by atoms with Gasteiger partial charge in [0.1, 0.15) is 0 Å². The Labute approximate surface area is 178 Å². The molecular formula is C26H31N3O. The van der Waals surface area contributed by atoms with Crippen molar-refractivity contribution in [1.29, 1.82) is 0 Å². The molecule has 2 amide bonds. The maximum absolute atomic E-state index is 12.7. The minimum Gasteiger partial charge on any atom is -0.340 e. The van der Waals surface area contributed by atoms with Crippen LogP contribution in [-0.2, 0) is 6.54 Å². The van der Waals surface area contributed by atoms with Crippen molar-refractivity contribution in [3.8, 4) is 0 Å². The molecule has 3 aromatic rings. The number of carbonyl (C=O) groups excluding carboxylic acids is 1. The molecule has 4 aliphatic rings. The SMILES string of the molecule is O=C(NCCCn1c2ccccc2c2ccccc21)NC12CC3CC(CC(C3)C1)C2. The summed E-state index contributed by atoms with van der Waals surface area (Å²) in [5.41, 5.74) is 2.64. The highest BCUT2D eigenvalue weighted by molar-refractivity contribution is 6.07. The van der Waals surface area contributed by atoms with Crippen molar-refractivity contribution in [1.82, 2.24) is 15.2 Å². The molecule has 0 aliphatic heterocycles. The Morgan fingerprint density at radius 1 is 0.867 bits per heavy atom. The van der Waals surface area contributed by atoms with Gasteiger partial charge in [-0.3, -0.25) is 0 Å². The molecule has 7 rings (SSSR count). The standard InChI is InChI=1S/C26H31N3O/c30-25(28-26-15-18-12-19(16-26)14-20(13-18)17-26)27-10-5-11-29-23-8-3-1-6-21(23)22-7-2-4-9-24(22)29/h1-4,6-9,18-20H,5,10-17H2,(H2,27,28,30). The van der Waals surface area contributed by atoms with Gasteiger partial charge in [-0.15, -0.1) is 0 Å². The molecule has 0 saturated heterocycles. The molecular weight excluding hydrogens is 370 g/mol. The zero-order valence-corrected chi connectivity index (χ0v) is 17.6. The summed E-state index contributed by atoms with van der Waals surface area (Å²) in [6.45, 7) is 1.62. The van der Waals surface area contributed by atoms with Crippen molar-refractivity contribution in [3.63, 3.8) is 0 Å². The van der Waals surface area contributed by atoms with E-state index in [0.717, 1.165) is 30.7 Å². The van der Waals surface area contributed by atoms with Crippen LogP contribution in [-0.4, -0.2) is 22.7 Å². The molecule has 4 bridgehead atoms. The van der Waals surface area contributed by atoms with E-state index in [2.05, 4.69) is 63.7 Å². The fourth-order valence-electron chi connectivity index (χ4n) is 7.23. The maximum atomic E-state index is 12.7.